The Hall–Kier alpha value is -2.64. The predicted octanol–water partition coefficient (Wildman–Crippen LogP) is 2.86. The summed E-state index contributed by atoms with van der Waals surface area (Å²) in [5, 5.41) is 9.24. The topological polar surface area (TPSA) is 47.3 Å². The third-order valence-corrected chi connectivity index (χ3v) is 3.70. The van der Waals surface area contributed by atoms with Crippen LogP contribution in [0.2, 0.25) is 0 Å². The van der Waals surface area contributed by atoms with Gasteiger partial charge in [0.1, 0.15) is 0 Å². The largest absolute Gasteiger partial charge is 0.340 e. The van der Waals surface area contributed by atoms with E-state index in [9.17, 15) is 10.1 Å². The van der Waals surface area contributed by atoms with Crippen molar-refractivity contribution in [3.8, 4) is 17.2 Å². The van der Waals surface area contributed by atoms with Gasteiger partial charge in [0.05, 0.1) is 11.6 Å². The summed E-state index contributed by atoms with van der Waals surface area (Å²) in [6.45, 7) is 1.49. The van der Waals surface area contributed by atoms with E-state index in [-0.39, 0.29) is 5.91 Å². The van der Waals surface area contributed by atoms with Crippen LogP contribution in [-0.4, -0.2) is 49.9 Å². The number of nitriles is 1. The lowest BCUT2D eigenvalue weighted by atomic mass is 9.98. The van der Waals surface area contributed by atoms with Crippen LogP contribution in [0.4, 0.5) is 0 Å². The number of carbonyl (C=O) groups excluding carboxylic acids is 1. The highest BCUT2D eigenvalue weighted by Crippen LogP contribution is 2.24. The molecule has 0 bridgehead atoms. The first-order valence-electron chi connectivity index (χ1n) is 7.52. The van der Waals surface area contributed by atoms with E-state index in [0.29, 0.717) is 17.7 Å². The monoisotopic (exact) mass is 307 g/mol. The zero-order valence-corrected chi connectivity index (χ0v) is 13.8. The predicted molar refractivity (Wildman–Crippen MR) is 92.1 cm³/mol. The van der Waals surface area contributed by atoms with Gasteiger partial charge in [-0.25, -0.2) is 0 Å². The van der Waals surface area contributed by atoms with E-state index >= 15 is 0 Å². The van der Waals surface area contributed by atoms with Crippen molar-refractivity contribution in [1.82, 2.24) is 9.80 Å². The van der Waals surface area contributed by atoms with E-state index in [1.807, 2.05) is 68.5 Å². The fraction of sp³-hybridized carbons (Fsp3) is 0.263. The van der Waals surface area contributed by atoms with Gasteiger partial charge >= 0.3 is 0 Å². The van der Waals surface area contributed by atoms with Gasteiger partial charge in [0.2, 0.25) is 0 Å². The van der Waals surface area contributed by atoms with E-state index < -0.39 is 0 Å². The van der Waals surface area contributed by atoms with Crippen LogP contribution in [0.5, 0.6) is 0 Å². The van der Waals surface area contributed by atoms with E-state index in [1.54, 1.807) is 11.0 Å². The Labute approximate surface area is 137 Å². The first-order chi connectivity index (χ1) is 11.0. The molecule has 0 unspecified atom stereocenters. The van der Waals surface area contributed by atoms with E-state index in [4.69, 9.17) is 0 Å². The minimum Gasteiger partial charge on any atom is -0.340 e. The standard InChI is InChI=1S/C19H21N3O/c1-21(2)11-12-22(3)19(23)16-9-6-8-15(13-16)18-10-5-4-7-17(18)14-20/h4-10,13H,11-12H2,1-3H3. The second-order valence-electron chi connectivity index (χ2n) is 5.77. The molecule has 0 aliphatic heterocycles. The van der Waals surface area contributed by atoms with Crippen molar-refractivity contribution >= 4 is 5.91 Å². The number of benzene rings is 2. The minimum absolute atomic E-state index is 0.0110. The van der Waals surface area contributed by atoms with E-state index in [2.05, 4.69) is 6.07 Å². The number of hydrogen-bond donors (Lipinski definition) is 0. The normalized spacial score (nSPS) is 10.4. The molecule has 0 fully saturated rings. The van der Waals surface area contributed by atoms with Crippen molar-refractivity contribution in [2.45, 2.75) is 0 Å². The summed E-state index contributed by atoms with van der Waals surface area (Å²) in [5.74, 6) is -0.0110. The average Bonchev–Trinajstić information content (AvgIpc) is 2.59. The fourth-order valence-electron chi connectivity index (χ4n) is 2.32. The van der Waals surface area contributed by atoms with Crippen LogP contribution in [0.15, 0.2) is 48.5 Å². The van der Waals surface area contributed by atoms with Gasteiger partial charge in [-0.05, 0) is 43.4 Å². The molecule has 0 atom stereocenters. The molecule has 0 radical (unpaired) electrons. The summed E-state index contributed by atoms with van der Waals surface area (Å²) in [4.78, 5) is 16.3. The van der Waals surface area contributed by atoms with Gasteiger partial charge < -0.3 is 9.80 Å². The zero-order chi connectivity index (χ0) is 16.8. The van der Waals surface area contributed by atoms with E-state index in [1.165, 1.54) is 0 Å². The molecule has 4 heteroatoms. The summed E-state index contributed by atoms with van der Waals surface area (Å²) >= 11 is 0. The van der Waals surface area contributed by atoms with Crippen LogP contribution in [0.3, 0.4) is 0 Å². The highest BCUT2D eigenvalue weighted by Gasteiger charge is 2.13. The van der Waals surface area contributed by atoms with Crippen molar-refractivity contribution < 1.29 is 4.79 Å². The maximum Gasteiger partial charge on any atom is 0.253 e. The van der Waals surface area contributed by atoms with Crippen molar-refractivity contribution in [3.63, 3.8) is 0 Å². The molecule has 118 valence electrons. The Kier molecular flexibility index (Phi) is 5.51. The molecule has 0 aromatic heterocycles. The lowest BCUT2D eigenvalue weighted by molar-refractivity contribution is 0.0786. The Morgan fingerprint density at radius 1 is 1.04 bits per heavy atom. The molecule has 0 saturated carbocycles. The van der Waals surface area contributed by atoms with Crippen LogP contribution in [0.25, 0.3) is 11.1 Å². The summed E-state index contributed by atoms with van der Waals surface area (Å²) < 4.78 is 0. The van der Waals surface area contributed by atoms with Crippen molar-refractivity contribution in [1.29, 1.82) is 5.26 Å². The fourth-order valence-corrected chi connectivity index (χ4v) is 2.32. The molecule has 4 nitrogen and oxygen atoms in total. The number of nitrogens with zero attached hydrogens (tertiary/aromatic N) is 3. The lowest BCUT2D eigenvalue weighted by Gasteiger charge is -2.20. The summed E-state index contributed by atoms with van der Waals surface area (Å²) in [6, 6.07) is 17.1. The molecule has 0 saturated heterocycles. The SMILES string of the molecule is CN(C)CCN(C)C(=O)c1cccc(-c2ccccc2C#N)c1. The highest BCUT2D eigenvalue weighted by molar-refractivity contribution is 5.95. The van der Waals surface area contributed by atoms with Gasteiger partial charge in [0.15, 0.2) is 0 Å². The van der Waals surface area contributed by atoms with Crippen molar-refractivity contribution in [2.24, 2.45) is 0 Å². The Bertz CT molecular complexity index is 731. The summed E-state index contributed by atoms with van der Waals surface area (Å²) in [5.41, 5.74) is 2.98. The molecule has 0 aliphatic rings. The Morgan fingerprint density at radius 2 is 1.78 bits per heavy atom. The average molecular weight is 307 g/mol. The molecule has 0 heterocycles. The lowest BCUT2D eigenvalue weighted by Crippen LogP contribution is -2.33. The number of rotatable bonds is 5. The summed E-state index contributed by atoms with van der Waals surface area (Å²) in [6.07, 6.45) is 0. The van der Waals surface area contributed by atoms with Crippen molar-refractivity contribution in [3.05, 3.63) is 59.7 Å². The van der Waals surface area contributed by atoms with Crippen LogP contribution in [-0.2, 0) is 0 Å². The molecule has 2 aromatic rings. The Balaban J connectivity index is 2.26. The maximum absolute atomic E-state index is 12.5. The van der Waals surface area contributed by atoms with Gasteiger partial charge in [0, 0.05) is 25.7 Å². The first-order valence-corrected chi connectivity index (χ1v) is 7.52. The molecule has 0 aliphatic carbocycles. The highest BCUT2D eigenvalue weighted by atomic mass is 16.2. The number of likely N-dealkylation sites (N-methyl/N-ethyl adjacent to an activating group) is 2. The van der Waals surface area contributed by atoms with Crippen LogP contribution >= 0.6 is 0 Å². The van der Waals surface area contributed by atoms with Crippen LogP contribution in [0, 0.1) is 11.3 Å². The molecule has 23 heavy (non-hydrogen) atoms. The quantitative estimate of drug-likeness (QED) is 0.853. The molecular weight excluding hydrogens is 286 g/mol. The first kappa shape index (κ1) is 16.7. The van der Waals surface area contributed by atoms with Gasteiger partial charge in [0.25, 0.3) is 5.91 Å². The third-order valence-electron chi connectivity index (χ3n) is 3.70. The maximum atomic E-state index is 12.5. The van der Waals surface area contributed by atoms with E-state index in [0.717, 1.165) is 17.7 Å². The zero-order valence-electron chi connectivity index (χ0n) is 13.8. The van der Waals surface area contributed by atoms with Gasteiger partial charge in [-0.3, -0.25) is 4.79 Å². The summed E-state index contributed by atoms with van der Waals surface area (Å²) in [7, 11) is 5.78. The third kappa shape index (κ3) is 4.18. The van der Waals surface area contributed by atoms with Gasteiger partial charge in [-0.2, -0.15) is 5.26 Å². The molecule has 1 amide bonds. The molecule has 2 aromatic carbocycles. The van der Waals surface area contributed by atoms with Crippen molar-refractivity contribution in [2.75, 3.05) is 34.2 Å². The Morgan fingerprint density at radius 3 is 2.48 bits per heavy atom. The van der Waals surface area contributed by atoms with Crippen LogP contribution in [0.1, 0.15) is 15.9 Å². The second-order valence-corrected chi connectivity index (χ2v) is 5.77. The minimum atomic E-state index is -0.0110. The number of hydrogen-bond acceptors (Lipinski definition) is 3. The number of amides is 1. The molecule has 0 N–H and O–H groups in total. The van der Waals surface area contributed by atoms with Gasteiger partial charge in [-0.15, -0.1) is 0 Å². The second kappa shape index (κ2) is 7.57. The molecule has 2 rings (SSSR count). The molecular formula is C19H21N3O. The molecule has 0 spiro atoms. The number of carbonyl (C=O) groups is 1. The van der Waals surface area contributed by atoms with Crippen LogP contribution < -0.4 is 0 Å². The van der Waals surface area contributed by atoms with Gasteiger partial charge in [-0.1, -0.05) is 30.3 Å². The smallest absolute Gasteiger partial charge is 0.253 e.